The number of nitrogens with zero attached hydrogens (tertiary/aromatic N) is 11. The maximum absolute atomic E-state index is 12.6. The van der Waals surface area contributed by atoms with Gasteiger partial charge in [0.1, 0.15) is 23.2 Å². The Morgan fingerprint density at radius 2 is 1.77 bits per heavy atom. The first-order chi connectivity index (χ1) is 27.8. The molecule has 5 aromatic heterocycles. The molecule has 1 aliphatic carbocycles. The molecular weight excluding hydrogens is 719 g/mol. The molecule has 1 saturated carbocycles. The van der Waals surface area contributed by atoms with Gasteiger partial charge < -0.3 is 10.2 Å². The minimum absolute atomic E-state index is 0.194. The average Bonchev–Trinajstić information content (AvgIpc) is 3.89. The van der Waals surface area contributed by atoms with Crippen molar-refractivity contribution in [2.45, 2.75) is 58.0 Å². The van der Waals surface area contributed by atoms with Gasteiger partial charge in [-0.3, -0.25) is 29.5 Å². The number of imide groups is 1. The third-order valence-corrected chi connectivity index (χ3v) is 11.5. The Labute approximate surface area is 330 Å². The van der Waals surface area contributed by atoms with Gasteiger partial charge in [0.2, 0.25) is 5.91 Å². The SMILES string of the molecule is CC(C)Nc1cc(-n2ccc3cc(C#N)cnc32)ncc1-c1cn([C@H]2CC[C@H](CN3CCN(c4cccc5c(N6CCC(=O)NC6=O)cncc45)CC3)CC2)nn1. The highest BCUT2D eigenvalue weighted by Gasteiger charge is 2.29. The number of benzene rings is 1. The van der Waals surface area contributed by atoms with Crippen molar-refractivity contribution in [2.24, 2.45) is 5.92 Å². The molecule has 2 N–H and O–H groups in total. The Kier molecular flexibility index (Phi) is 9.71. The van der Waals surface area contributed by atoms with Gasteiger partial charge in [0.25, 0.3) is 0 Å². The molecule has 0 radical (unpaired) electrons. The van der Waals surface area contributed by atoms with Gasteiger partial charge in [-0.1, -0.05) is 17.3 Å². The molecular formula is C42H45N13O2. The van der Waals surface area contributed by atoms with Crippen LogP contribution in [0.25, 0.3) is 38.9 Å². The van der Waals surface area contributed by atoms with Crippen LogP contribution in [0.4, 0.5) is 21.9 Å². The van der Waals surface area contributed by atoms with Crippen LogP contribution in [0.5, 0.6) is 0 Å². The van der Waals surface area contributed by atoms with Crippen molar-refractivity contribution >= 4 is 50.8 Å². The number of urea groups is 1. The largest absolute Gasteiger partial charge is 0.382 e. The van der Waals surface area contributed by atoms with Crippen LogP contribution in [0.2, 0.25) is 0 Å². The lowest BCUT2D eigenvalue weighted by atomic mass is 9.85. The molecule has 9 rings (SSSR count). The van der Waals surface area contributed by atoms with E-state index in [4.69, 9.17) is 4.98 Å². The predicted octanol–water partition coefficient (Wildman–Crippen LogP) is 5.92. The number of amides is 3. The second-order valence-corrected chi connectivity index (χ2v) is 15.7. The fourth-order valence-electron chi connectivity index (χ4n) is 8.64. The van der Waals surface area contributed by atoms with Crippen molar-refractivity contribution in [3.8, 4) is 23.1 Å². The normalized spacial score (nSPS) is 19.3. The Morgan fingerprint density at radius 1 is 0.930 bits per heavy atom. The summed E-state index contributed by atoms with van der Waals surface area (Å²) in [6.07, 6.45) is 15.7. The molecule has 3 fully saturated rings. The predicted molar refractivity (Wildman–Crippen MR) is 218 cm³/mol. The zero-order chi connectivity index (χ0) is 39.0. The van der Waals surface area contributed by atoms with Crippen molar-refractivity contribution in [1.82, 2.24) is 44.7 Å². The van der Waals surface area contributed by atoms with E-state index in [1.165, 1.54) is 0 Å². The summed E-state index contributed by atoms with van der Waals surface area (Å²) in [5.41, 5.74) is 5.74. The fourth-order valence-corrected chi connectivity index (χ4v) is 8.64. The average molecular weight is 764 g/mol. The fraction of sp³-hybridized carbons (Fsp3) is 0.381. The summed E-state index contributed by atoms with van der Waals surface area (Å²) in [7, 11) is 0. The topological polar surface area (TPSA) is 166 Å². The molecule has 2 aliphatic heterocycles. The van der Waals surface area contributed by atoms with Crippen LogP contribution in [-0.4, -0.2) is 96.7 Å². The Hall–Kier alpha value is -6.40. The molecule has 3 aliphatic rings. The molecule has 15 heteroatoms. The molecule has 0 bridgehead atoms. The maximum Gasteiger partial charge on any atom is 0.328 e. The molecule has 3 amide bonds. The molecule has 1 aromatic carbocycles. The lowest BCUT2D eigenvalue weighted by Gasteiger charge is -2.39. The summed E-state index contributed by atoms with van der Waals surface area (Å²) >= 11 is 0. The van der Waals surface area contributed by atoms with E-state index >= 15 is 0 Å². The van der Waals surface area contributed by atoms with Crippen LogP contribution in [0.15, 0.2) is 73.6 Å². The van der Waals surface area contributed by atoms with Gasteiger partial charge in [-0.2, -0.15) is 5.26 Å². The molecule has 2 saturated heterocycles. The van der Waals surface area contributed by atoms with E-state index in [0.717, 1.165) is 114 Å². The van der Waals surface area contributed by atoms with E-state index < -0.39 is 6.03 Å². The highest BCUT2D eigenvalue weighted by Crippen LogP contribution is 2.36. The molecule has 15 nitrogen and oxygen atoms in total. The van der Waals surface area contributed by atoms with E-state index in [1.807, 2.05) is 53.5 Å². The summed E-state index contributed by atoms with van der Waals surface area (Å²) in [5.74, 6) is 1.13. The molecule has 0 atom stereocenters. The maximum atomic E-state index is 12.6. The number of piperazine rings is 1. The molecule has 57 heavy (non-hydrogen) atoms. The second kappa shape index (κ2) is 15.3. The molecule has 290 valence electrons. The number of nitriles is 1. The minimum atomic E-state index is -0.397. The smallest absolute Gasteiger partial charge is 0.328 e. The van der Waals surface area contributed by atoms with E-state index in [-0.39, 0.29) is 18.4 Å². The molecule has 6 aromatic rings. The van der Waals surface area contributed by atoms with Gasteiger partial charge in [0.15, 0.2) is 0 Å². The number of aromatic nitrogens is 7. The van der Waals surface area contributed by atoms with Gasteiger partial charge >= 0.3 is 6.03 Å². The number of fused-ring (bicyclic) bond motifs is 2. The summed E-state index contributed by atoms with van der Waals surface area (Å²) in [4.78, 5) is 44.9. The van der Waals surface area contributed by atoms with E-state index in [0.29, 0.717) is 24.1 Å². The highest BCUT2D eigenvalue weighted by atomic mass is 16.2. The van der Waals surface area contributed by atoms with Gasteiger partial charge in [-0.05, 0) is 63.6 Å². The number of pyridine rings is 3. The number of nitrogens with one attached hydrogen (secondary N) is 2. The van der Waals surface area contributed by atoms with Crippen LogP contribution in [0.3, 0.4) is 0 Å². The van der Waals surface area contributed by atoms with Crippen LogP contribution in [0.1, 0.15) is 57.6 Å². The first-order valence-corrected chi connectivity index (χ1v) is 19.8. The van der Waals surface area contributed by atoms with Gasteiger partial charge in [-0.25, -0.2) is 19.4 Å². The highest BCUT2D eigenvalue weighted by molar-refractivity contribution is 6.11. The van der Waals surface area contributed by atoms with E-state index in [1.54, 1.807) is 17.3 Å². The Bertz CT molecular complexity index is 2500. The van der Waals surface area contributed by atoms with Crippen molar-refractivity contribution in [3.05, 3.63) is 79.1 Å². The number of carbonyl (C=O) groups is 2. The molecule has 0 spiro atoms. The summed E-state index contributed by atoms with van der Waals surface area (Å²) < 4.78 is 3.99. The number of hydrogen-bond acceptors (Lipinski definition) is 11. The Morgan fingerprint density at radius 3 is 2.56 bits per heavy atom. The standard InChI is InChI=1S/C42H45N13O2/c1-27(2)47-35-19-39(54-12-10-30-18-29(20-43)21-46-41(30)54)45-23-34(35)36-26-55(50-49-36)31-8-6-28(7-9-31)25-51-14-16-52(17-15-51)37-5-3-4-32-33(37)22-44-24-38(32)53-13-11-40(56)48-42(53)57/h3-5,10,12,18-19,21-24,26-28,31H,6-9,11,13-17,25H2,1-2H3,(H,45,47)(H,48,56,57)/t28-,31-. The van der Waals surface area contributed by atoms with Gasteiger partial charge in [0.05, 0.1) is 29.7 Å². The third kappa shape index (κ3) is 7.24. The minimum Gasteiger partial charge on any atom is -0.382 e. The van der Waals surface area contributed by atoms with Crippen LogP contribution < -0.4 is 20.4 Å². The zero-order valence-electron chi connectivity index (χ0n) is 32.2. The first kappa shape index (κ1) is 36.3. The van der Waals surface area contributed by atoms with E-state index in [9.17, 15) is 14.9 Å². The summed E-state index contributed by atoms with van der Waals surface area (Å²) in [5, 5.41) is 27.4. The quantitative estimate of drug-likeness (QED) is 0.180. The lowest BCUT2D eigenvalue weighted by Crippen LogP contribution is -2.49. The number of carbonyl (C=O) groups excluding carboxylic acids is 2. The summed E-state index contributed by atoms with van der Waals surface area (Å²) in [6, 6.07) is 14.3. The van der Waals surface area contributed by atoms with Gasteiger partial charge in [0, 0.05) is 116 Å². The van der Waals surface area contributed by atoms with Crippen LogP contribution in [-0.2, 0) is 4.79 Å². The molecule has 0 unspecified atom stereocenters. The second-order valence-electron chi connectivity index (χ2n) is 15.7. The van der Waals surface area contributed by atoms with E-state index in [2.05, 4.69) is 77.6 Å². The first-order valence-electron chi connectivity index (χ1n) is 19.8. The molecule has 7 heterocycles. The lowest BCUT2D eigenvalue weighted by molar-refractivity contribution is -0.120. The Balaban J connectivity index is 0.817. The van der Waals surface area contributed by atoms with Crippen LogP contribution >= 0.6 is 0 Å². The van der Waals surface area contributed by atoms with Crippen LogP contribution in [0, 0.1) is 17.2 Å². The third-order valence-electron chi connectivity index (χ3n) is 11.5. The van der Waals surface area contributed by atoms with Gasteiger partial charge in [-0.15, -0.1) is 5.10 Å². The van der Waals surface area contributed by atoms with Crippen molar-refractivity contribution in [2.75, 3.05) is 54.4 Å². The number of hydrogen-bond donors (Lipinski definition) is 2. The summed E-state index contributed by atoms with van der Waals surface area (Å²) in [6.45, 7) is 9.49. The van der Waals surface area contributed by atoms with Crippen molar-refractivity contribution < 1.29 is 9.59 Å². The zero-order valence-corrected chi connectivity index (χ0v) is 32.2. The monoisotopic (exact) mass is 763 g/mol. The van der Waals surface area contributed by atoms with Crippen molar-refractivity contribution in [1.29, 1.82) is 5.26 Å². The van der Waals surface area contributed by atoms with Crippen molar-refractivity contribution in [3.63, 3.8) is 0 Å². The number of anilines is 3. The number of rotatable bonds is 9.